The lowest BCUT2D eigenvalue weighted by molar-refractivity contribution is 0.00691. The summed E-state index contributed by atoms with van der Waals surface area (Å²) in [4.78, 5) is 0. The Hall–Kier alpha value is -0.220. The second-order valence-corrected chi connectivity index (χ2v) is 3.68. The molecule has 0 aromatic rings. The monoisotopic (exact) mass is 178 g/mol. The molecule has 0 spiro atoms. The highest BCUT2D eigenvalue weighted by molar-refractivity contribution is 4.86. The molecule has 72 valence electrons. The van der Waals surface area contributed by atoms with E-state index in [1.54, 1.807) is 0 Å². The van der Waals surface area contributed by atoms with Gasteiger partial charge < -0.3 is 11.1 Å². The molecule has 1 fully saturated rings. The second kappa shape index (κ2) is 3.66. The minimum atomic E-state index is -2.45. The van der Waals surface area contributed by atoms with Crippen LogP contribution in [0.25, 0.3) is 0 Å². The van der Waals surface area contributed by atoms with E-state index in [9.17, 15) is 8.78 Å². The first kappa shape index (κ1) is 9.86. The van der Waals surface area contributed by atoms with Crippen molar-refractivity contribution in [2.45, 2.75) is 44.2 Å². The predicted molar refractivity (Wildman–Crippen MR) is 44.2 cm³/mol. The van der Waals surface area contributed by atoms with Crippen molar-refractivity contribution in [1.29, 1.82) is 0 Å². The second-order valence-electron chi connectivity index (χ2n) is 3.68. The van der Waals surface area contributed by atoms with Gasteiger partial charge in [0.15, 0.2) is 0 Å². The highest BCUT2D eigenvalue weighted by Crippen LogP contribution is 2.34. The summed E-state index contributed by atoms with van der Waals surface area (Å²) in [5.41, 5.74) is 5.49. The van der Waals surface area contributed by atoms with Crippen molar-refractivity contribution >= 4 is 0 Å². The average Bonchev–Trinajstić information content (AvgIpc) is 2.26. The third-order valence-electron chi connectivity index (χ3n) is 2.13. The third-order valence-corrected chi connectivity index (χ3v) is 2.13. The lowest BCUT2D eigenvalue weighted by Crippen LogP contribution is -2.37. The molecule has 1 rings (SSSR count). The largest absolute Gasteiger partial charge is 0.327 e. The van der Waals surface area contributed by atoms with Crippen LogP contribution >= 0.6 is 0 Å². The first-order valence-corrected chi connectivity index (χ1v) is 4.36. The van der Waals surface area contributed by atoms with Gasteiger partial charge in [0.05, 0.1) is 0 Å². The molecule has 1 saturated carbocycles. The first-order chi connectivity index (χ1) is 5.49. The Bertz CT molecular complexity index is 148. The molecule has 0 bridgehead atoms. The van der Waals surface area contributed by atoms with Crippen molar-refractivity contribution in [2.75, 3.05) is 6.54 Å². The van der Waals surface area contributed by atoms with Crippen LogP contribution in [0.5, 0.6) is 0 Å². The van der Waals surface area contributed by atoms with E-state index in [0.717, 1.165) is 0 Å². The molecule has 0 heterocycles. The van der Waals surface area contributed by atoms with E-state index < -0.39 is 5.92 Å². The molecular formula is C8H16F2N2. The summed E-state index contributed by atoms with van der Waals surface area (Å²) in [5, 5.41) is 3.03. The van der Waals surface area contributed by atoms with Gasteiger partial charge in [-0.2, -0.15) is 0 Å². The van der Waals surface area contributed by atoms with Gasteiger partial charge in [0.2, 0.25) is 5.92 Å². The van der Waals surface area contributed by atoms with Crippen LogP contribution in [0.1, 0.15) is 26.2 Å². The van der Waals surface area contributed by atoms with Crippen LogP contribution < -0.4 is 11.1 Å². The molecule has 2 atom stereocenters. The molecular weight excluding hydrogens is 162 g/mol. The van der Waals surface area contributed by atoms with Crippen molar-refractivity contribution in [2.24, 2.45) is 5.73 Å². The molecule has 3 N–H and O–H groups in total. The fourth-order valence-electron chi connectivity index (χ4n) is 1.48. The summed E-state index contributed by atoms with van der Waals surface area (Å²) in [6.07, 6.45) is 0.559. The molecule has 0 amide bonds. The number of halogens is 2. The van der Waals surface area contributed by atoms with E-state index >= 15 is 0 Å². The fourth-order valence-corrected chi connectivity index (χ4v) is 1.48. The topological polar surface area (TPSA) is 38.0 Å². The first-order valence-electron chi connectivity index (χ1n) is 4.36. The minimum Gasteiger partial charge on any atom is -0.327 e. The van der Waals surface area contributed by atoms with Crippen molar-refractivity contribution < 1.29 is 8.78 Å². The molecule has 0 radical (unpaired) electrons. The maximum absolute atomic E-state index is 12.6. The van der Waals surface area contributed by atoms with Gasteiger partial charge in [-0.3, -0.25) is 0 Å². The smallest absolute Gasteiger partial charge is 0.249 e. The zero-order valence-corrected chi connectivity index (χ0v) is 7.32. The van der Waals surface area contributed by atoms with Gasteiger partial charge in [-0.1, -0.05) is 0 Å². The number of hydrogen-bond acceptors (Lipinski definition) is 2. The van der Waals surface area contributed by atoms with E-state index in [1.807, 2.05) is 6.92 Å². The maximum atomic E-state index is 12.6. The Morgan fingerprint density at radius 2 is 2.33 bits per heavy atom. The van der Waals surface area contributed by atoms with Crippen molar-refractivity contribution in [3.8, 4) is 0 Å². The van der Waals surface area contributed by atoms with Crippen molar-refractivity contribution in [1.82, 2.24) is 5.32 Å². The van der Waals surface area contributed by atoms with Crippen LogP contribution in [-0.2, 0) is 0 Å². The Labute approximate surface area is 71.5 Å². The minimum absolute atomic E-state index is 0.0175. The molecule has 0 aromatic carbocycles. The van der Waals surface area contributed by atoms with Crippen molar-refractivity contribution in [3.05, 3.63) is 0 Å². The van der Waals surface area contributed by atoms with E-state index in [0.29, 0.717) is 13.0 Å². The summed E-state index contributed by atoms with van der Waals surface area (Å²) < 4.78 is 25.3. The van der Waals surface area contributed by atoms with Gasteiger partial charge >= 0.3 is 0 Å². The summed E-state index contributed by atoms with van der Waals surface area (Å²) >= 11 is 0. The lowest BCUT2D eigenvalue weighted by Gasteiger charge is -2.14. The highest BCUT2D eigenvalue weighted by atomic mass is 19.3. The number of alkyl halides is 2. The Morgan fingerprint density at radius 1 is 1.67 bits per heavy atom. The Kier molecular flexibility index (Phi) is 3.01. The molecule has 4 heteroatoms. The summed E-state index contributed by atoms with van der Waals surface area (Å²) in [7, 11) is 0. The SMILES string of the molecule is CC(N)CNC1CCC(F)(F)C1. The van der Waals surface area contributed by atoms with Gasteiger partial charge in [0.25, 0.3) is 0 Å². The molecule has 1 aliphatic carbocycles. The van der Waals surface area contributed by atoms with Crippen LogP contribution in [0.4, 0.5) is 8.78 Å². The zero-order valence-electron chi connectivity index (χ0n) is 7.32. The maximum Gasteiger partial charge on any atom is 0.249 e. The van der Waals surface area contributed by atoms with Gasteiger partial charge in [-0.05, 0) is 13.3 Å². The molecule has 0 saturated heterocycles. The van der Waals surface area contributed by atoms with Crippen LogP contribution in [0, 0.1) is 0 Å². The van der Waals surface area contributed by atoms with Gasteiger partial charge in [-0.25, -0.2) is 8.78 Å². The van der Waals surface area contributed by atoms with E-state index in [1.165, 1.54) is 0 Å². The Balaban J connectivity index is 2.20. The fraction of sp³-hybridized carbons (Fsp3) is 1.00. The standard InChI is InChI=1S/C8H16F2N2/c1-6(11)5-12-7-2-3-8(9,10)4-7/h6-7,12H,2-5,11H2,1H3. The summed E-state index contributed by atoms with van der Waals surface area (Å²) in [6, 6.07) is 0.00484. The van der Waals surface area contributed by atoms with E-state index in [2.05, 4.69) is 5.32 Å². The molecule has 1 aliphatic rings. The molecule has 0 aromatic heterocycles. The average molecular weight is 178 g/mol. The molecule has 2 unspecified atom stereocenters. The predicted octanol–water partition coefficient (Wildman–Crippen LogP) is 1.11. The van der Waals surface area contributed by atoms with Crippen LogP contribution in [0.2, 0.25) is 0 Å². The number of rotatable bonds is 3. The normalized spacial score (nSPS) is 30.5. The van der Waals surface area contributed by atoms with Gasteiger partial charge in [0, 0.05) is 31.5 Å². The molecule has 12 heavy (non-hydrogen) atoms. The van der Waals surface area contributed by atoms with E-state index in [-0.39, 0.29) is 24.9 Å². The summed E-state index contributed by atoms with van der Waals surface area (Å²) in [6.45, 7) is 2.49. The third kappa shape index (κ3) is 3.03. The van der Waals surface area contributed by atoms with Gasteiger partial charge in [0.1, 0.15) is 0 Å². The van der Waals surface area contributed by atoms with Crippen LogP contribution in [0.15, 0.2) is 0 Å². The van der Waals surface area contributed by atoms with Crippen LogP contribution in [0.3, 0.4) is 0 Å². The van der Waals surface area contributed by atoms with Crippen molar-refractivity contribution in [3.63, 3.8) is 0 Å². The Morgan fingerprint density at radius 3 is 2.75 bits per heavy atom. The number of nitrogens with two attached hydrogens (primary N) is 1. The zero-order chi connectivity index (χ0) is 9.19. The quantitative estimate of drug-likeness (QED) is 0.679. The van der Waals surface area contributed by atoms with E-state index in [4.69, 9.17) is 5.73 Å². The molecule has 2 nitrogen and oxygen atoms in total. The highest BCUT2D eigenvalue weighted by Gasteiger charge is 2.38. The number of nitrogens with one attached hydrogen (secondary N) is 1. The lowest BCUT2D eigenvalue weighted by atomic mass is 10.2. The van der Waals surface area contributed by atoms with Crippen LogP contribution in [-0.4, -0.2) is 24.6 Å². The number of hydrogen-bond donors (Lipinski definition) is 2. The summed E-state index contributed by atoms with van der Waals surface area (Å²) in [5.74, 6) is -2.45. The van der Waals surface area contributed by atoms with Gasteiger partial charge in [-0.15, -0.1) is 0 Å². The molecule has 0 aliphatic heterocycles.